The second-order valence-corrected chi connectivity index (χ2v) is 15.1. The van der Waals surface area contributed by atoms with Gasteiger partial charge in [0.2, 0.25) is 0 Å². The number of carbonyl (C=O) groups is 1. The molecule has 0 saturated heterocycles. The monoisotopic (exact) mass is 697 g/mol. The molecule has 4 aromatic rings. The summed E-state index contributed by atoms with van der Waals surface area (Å²) in [6.45, 7) is 15.1. The van der Waals surface area contributed by atoms with Gasteiger partial charge in [0.1, 0.15) is 18.7 Å². The molecule has 0 spiro atoms. The van der Waals surface area contributed by atoms with E-state index < -0.39 is 11.2 Å². The molecule has 0 fully saturated rings. The summed E-state index contributed by atoms with van der Waals surface area (Å²) in [4.78, 5) is 16.7. The van der Waals surface area contributed by atoms with Gasteiger partial charge in [-0.2, -0.15) is 0 Å². The summed E-state index contributed by atoms with van der Waals surface area (Å²) < 4.78 is 26.6. The number of hydrogen-bond acceptors (Lipinski definition) is 7. The highest BCUT2D eigenvalue weighted by Gasteiger charge is 2.22. The average molecular weight is 698 g/mol. The Kier molecular flexibility index (Phi) is 13.5. The van der Waals surface area contributed by atoms with E-state index in [1.807, 2.05) is 34.9 Å². The molecular weight excluding hydrogens is 647 g/mol. The van der Waals surface area contributed by atoms with Crippen LogP contribution in [-0.4, -0.2) is 58.1 Å². The van der Waals surface area contributed by atoms with E-state index in [9.17, 15) is 9.35 Å². The molecule has 1 amide bonds. The van der Waals surface area contributed by atoms with Gasteiger partial charge < -0.3 is 28.8 Å². The fourth-order valence-corrected chi connectivity index (χ4v) is 7.00. The highest BCUT2D eigenvalue weighted by atomic mass is 32.2. The molecule has 0 radical (unpaired) electrons. The van der Waals surface area contributed by atoms with E-state index in [1.165, 1.54) is 0 Å². The van der Waals surface area contributed by atoms with E-state index in [4.69, 9.17) is 9.47 Å². The maximum Gasteiger partial charge on any atom is 0.251 e. The third-order valence-corrected chi connectivity index (χ3v) is 9.76. The summed E-state index contributed by atoms with van der Waals surface area (Å²) in [6, 6.07) is 21.9. The fourth-order valence-electron chi connectivity index (χ4n) is 5.93. The molecule has 2 heterocycles. The van der Waals surface area contributed by atoms with Gasteiger partial charge >= 0.3 is 0 Å². The minimum Gasteiger partial charge on any atom is -0.611 e. The van der Waals surface area contributed by atoms with Gasteiger partial charge in [0, 0.05) is 43.2 Å². The number of anilines is 2. The summed E-state index contributed by atoms with van der Waals surface area (Å²) in [5, 5.41) is 11.3. The first-order valence-electron chi connectivity index (χ1n) is 17.8. The van der Waals surface area contributed by atoms with E-state index in [-0.39, 0.29) is 11.7 Å². The lowest BCUT2D eigenvalue weighted by atomic mass is 10.00. The zero-order valence-corrected chi connectivity index (χ0v) is 30.9. The van der Waals surface area contributed by atoms with Crippen molar-refractivity contribution < 1.29 is 18.8 Å². The molecule has 50 heavy (non-hydrogen) atoms. The first-order valence-corrected chi connectivity index (χ1v) is 19.1. The SMILES string of the molecule is CCCCOCCOc1ccc(-c2ccc3c(c2)C=C(C(=O)Nc2ccc([S+]([O-])Cc4nncn4CC(C)C)cc2)CCN3CC(C)C)cc1. The Labute approximate surface area is 300 Å². The Morgan fingerprint density at radius 2 is 1.68 bits per heavy atom. The minimum atomic E-state index is -1.29. The molecule has 266 valence electrons. The molecule has 1 N–H and O–H groups in total. The van der Waals surface area contributed by atoms with Crippen molar-refractivity contribution in [3.05, 3.63) is 90.0 Å². The molecule has 0 aliphatic carbocycles. The van der Waals surface area contributed by atoms with E-state index in [1.54, 1.807) is 18.5 Å². The first-order chi connectivity index (χ1) is 24.2. The number of fused-ring (bicyclic) bond motifs is 1. The number of nitrogens with one attached hydrogen (secondary N) is 1. The van der Waals surface area contributed by atoms with E-state index >= 15 is 0 Å². The number of hydrogen-bond donors (Lipinski definition) is 1. The molecule has 10 heteroatoms. The standard InChI is InChI=1S/C40H51N5O4S/c1-6-7-20-48-21-22-49-36-13-8-31(9-14-36)32-10-17-38-34(23-32)24-33(18-19-44(38)25-29(2)3)40(46)42-35-11-15-37(16-12-35)50(47)27-39-43-41-28-45(39)26-30(4)5/h8-17,23-24,28-30H,6-7,18-22,25-27H2,1-5H3,(H,42,46). The summed E-state index contributed by atoms with van der Waals surface area (Å²) >= 11 is -1.29. The number of rotatable bonds is 17. The van der Waals surface area contributed by atoms with Crippen LogP contribution in [0.2, 0.25) is 0 Å². The van der Waals surface area contributed by atoms with Gasteiger partial charge in [0.25, 0.3) is 5.91 Å². The zero-order chi connectivity index (χ0) is 35.5. The van der Waals surface area contributed by atoms with Crippen molar-refractivity contribution in [3.63, 3.8) is 0 Å². The number of benzene rings is 3. The van der Waals surface area contributed by atoms with E-state index in [0.29, 0.717) is 47.9 Å². The summed E-state index contributed by atoms with van der Waals surface area (Å²) in [6.07, 6.45) is 6.53. The number of unbranched alkanes of at least 4 members (excludes halogenated alkanes) is 1. The van der Waals surface area contributed by atoms with Crippen LogP contribution in [0.3, 0.4) is 0 Å². The summed E-state index contributed by atoms with van der Waals surface area (Å²) in [5.74, 6) is 2.57. The Morgan fingerprint density at radius 3 is 2.40 bits per heavy atom. The lowest BCUT2D eigenvalue weighted by Gasteiger charge is -2.27. The van der Waals surface area contributed by atoms with Crippen molar-refractivity contribution in [2.45, 2.75) is 71.1 Å². The number of nitrogens with zero attached hydrogens (tertiary/aromatic N) is 4. The van der Waals surface area contributed by atoms with Crippen LogP contribution in [0, 0.1) is 11.8 Å². The minimum absolute atomic E-state index is 0.136. The molecule has 1 aliphatic heterocycles. The normalized spacial score (nSPS) is 13.6. The van der Waals surface area contributed by atoms with Gasteiger partial charge in [-0.25, -0.2) is 0 Å². The predicted octanol–water partition coefficient (Wildman–Crippen LogP) is 7.99. The van der Waals surface area contributed by atoms with Crippen LogP contribution in [0.25, 0.3) is 17.2 Å². The van der Waals surface area contributed by atoms with Crippen LogP contribution < -0.4 is 15.0 Å². The van der Waals surface area contributed by atoms with Crippen LogP contribution in [0.4, 0.5) is 11.4 Å². The highest BCUT2D eigenvalue weighted by Crippen LogP contribution is 2.34. The van der Waals surface area contributed by atoms with Gasteiger partial charge in [0.15, 0.2) is 16.5 Å². The number of aromatic nitrogens is 3. The van der Waals surface area contributed by atoms with Gasteiger partial charge in [0.05, 0.1) is 6.61 Å². The van der Waals surface area contributed by atoms with Crippen LogP contribution in [0.1, 0.15) is 65.3 Å². The Hall–Kier alpha value is -4.12. The number of amides is 1. The molecule has 3 aromatic carbocycles. The second-order valence-electron chi connectivity index (χ2n) is 13.6. The lowest BCUT2D eigenvalue weighted by molar-refractivity contribution is -0.112. The third kappa shape index (κ3) is 10.4. The fraction of sp³-hybridized carbons (Fsp3) is 0.425. The Morgan fingerprint density at radius 1 is 0.940 bits per heavy atom. The Balaban J connectivity index is 1.27. The van der Waals surface area contributed by atoms with Crippen LogP contribution >= 0.6 is 0 Å². The number of ether oxygens (including phenoxy) is 2. The molecule has 0 bridgehead atoms. The quantitative estimate of drug-likeness (QED) is 0.0881. The van der Waals surface area contributed by atoms with Crippen molar-refractivity contribution in [2.24, 2.45) is 11.8 Å². The van der Waals surface area contributed by atoms with Gasteiger partial charge in [-0.05, 0) is 107 Å². The maximum absolute atomic E-state index is 13.7. The topological polar surface area (TPSA) is 105 Å². The zero-order valence-electron chi connectivity index (χ0n) is 30.1. The summed E-state index contributed by atoms with van der Waals surface area (Å²) in [7, 11) is 0. The van der Waals surface area contributed by atoms with Crippen molar-refractivity contribution >= 4 is 34.5 Å². The van der Waals surface area contributed by atoms with Gasteiger partial charge in [-0.1, -0.05) is 59.2 Å². The highest BCUT2D eigenvalue weighted by molar-refractivity contribution is 7.90. The molecule has 0 saturated carbocycles. The Bertz CT molecular complexity index is 1700. The smallest absolute Gasteiger partial charge is 0.251 e. The van der Waals surface area contributed by atoms with Crippen molar-refractivity contribution in [3.8, 4) is 16.9 Å². The van der Waals surface area contributed by atoms with Crippen molar-refractivity contribution in [2.75, 3.05) is 43.1 Å². The van der Waals surface area contributed by atoms with Crippen LogP contribution in [-0.2, 0) is 33.0 Å². The molecule has 5 rings (SSSR count). The van der Waals surface area contributed by atoms with E-state index in [2.05, 4.69) is 85.4 Å². The lowest BCUT2D eigenvalue weighted by Crippen LogP contribution is -2.29. The summed E-state index contributed by atoms with van der Waals surface area (Å²) in [5.41, 5.74) is 5.68. The van der Waals surface area contributed by atoms with Crippen LogP contribution in [0.15, 0.2) is 83.5 Å². The first kappa shape index (κ1) is 37.1. The third-order valence-electron chi connectivity index (χ3n) is 8.45. The predicted molar refractivity (Wildman–Crippen MR) is 203 cm³/mol. The van der Waals surface area contributed by atoms with E-state index in [0.717, 1.165) is 72.8 Å². The second kappa shape index (κ2) is 18.2. The van der Waals surface area contributed by atoms with Crippen molar-refractivity contribution in [1.29, 1.82) is 0 Å². The number of carbonyl (C=O) groups excluding carboxylic acids is 1. The molecule has 1 aromatic heterocycles. The molecule has 1 atom stereocenters. The molecule has 1 aliphatic rings. The molecular formula is C40H51N5O4S. The molecule has 1 unspecified atom stereocenters. The molecule has 9 nitrogen and oxygen atoms in total. The maximum atomic E-state index is 13.7. The van der Waals surface area contributed by atoms with Gasteiger partial charge in [-0.15, -0.1) is 10.2 Å². The largest absolute Gasteiger partial charge is 0.611 e. The van der Waals surface area contributed by atoms with Crippen LogP contribution in [0.5, 0.6) is 5.75 Å². The van der Waals surface area contributed by atoms with Crippen molar-refractivity contribution in [1.82, 2.24) is 14.8 Å². The van der Waals surface area contributed by atoms with Gasteiger partial charge in [-0.3, -0.25) is 4.79 Å². The average Bonchev–Trinajstić information content (AvgIpc) is 3.44.